The summed E-state index contributed by atoms with van der Waals surface area (Å²) in [6.45, 7) is 0.280. The molecule has 1 unspecified atom stereocenters. The molecule has 0 radical (unpaired) electrons. The molecule has 3 aromatic heterocycles. The van der Waals surface area contributed by atoms with Gasteiger partial charge in [-0.15, -0.1) is 11.5 Å². The van der Waals surface area contributed by atoms with Crippen molar-refractivity contribution in [1.29, 1.82) is 0 Å². The van der Waals surface area contributed by atoms with Gasteiger partial charge in [0, 0.05) is 39.3 Å². The summed E-state index contributed by atoms with van der Waals surface area (Å²) in [4.78, 5) is 77.2. The summed E-state index contributed by atoms with van der Waals surface area (Å²) in [6.07, 6.45) is 15.0. The highest BCUT2D eigenvalue weighted by atomic mass is 35.5. The summed E-state index contributed by atoms with van der Waals surface area (Å²) in [5.41, 5.74) is 0.0407. The number of nitrogens with one attached hydrogen (secondary N) is 3. The fourth-order valence-electron chi connectivity index (χ4n) is 4.75. The third-order valence-corrected chi connectivity index (χ3v) is 9.82. The number of carbonyl (C=O) groups excluding carboxylic acids is 2. The van der Waals surface area contributed by atoms with Crippen LogP contribution >= 0.6 is 30.8 Å². The van der Waals surface area contributed by atoms with Gasteiger partial charge in [0.1, 0.15) is 25.8 Å². The van der Waals surface area contributed by atoms with Gasteiger partial charge in [-0.1, -0.05) is 29.1 Å². The normalized spacial score (nSPS) is 12.4. The van der Waals surface area contributed by atoms with Crippen LogP contribution in [0.2, 0.25) is 10.0 Å². The Labute approximate surface area is 381 Å². The Hall–Kier alpha value is -5.45. The van der Waals surface area contributed by atoms with Crippen LogP contribution in [0.1, 0.15) is 29.0 Å². The summed E-state index contributed by atoms with van der Waals surface area (Å²) in [5, 5.41) is 16.6. The number of benzene rings is 1. The lowest BCUT2D eigenvalue weighted by Gasteiger charge is -2.14. The average Bonchev–Trinajstić information content (AvgIpc) is 3.54. The molecule has 28 heteroatoms. The van der Waals surface area contributed by atoms with Crippen molar-refractivity contribution in [3.05, 3.63) is 68.4 Å². The highest BCUT2D eigenvalue weighted by molar-refractivity contribution is 7.94. The minimum atomic E-state index is -4.46. The number of halogens is 2. The van der Waals surface area contributed by atoms with E-state index in [1.807, 2.05) is 5.32 Å². The van der Waals surface area contributed by atoms with Crippen LogP contribution < -0.4 is 40.1 Å². The van der Waals surface area contributed by atoms with Gasteiger partial charge in [0.25, 0.3) is 15.9 Å². The molecule has 0 saturated carbocycles. The second-order valence-corrected chi connectivity index (χ2v) is 19.6. The zero-order valence-electron chi connectivity index (χ0n) is 35.5. The summed E-state index contributed by atoms with van der Waals surface area (Å²) in [5.74, 6) is 1.68. The molecule has 23 nitrogen and oxygen atoms in total. The number of hydrogen-bond acceptors (Lipinski definition) is 16. The number of carbonyl (C=O) groups is 3. The lowest BCUT2D eigenvalue weighted by atomic mass is 10.2. The second kappa shape index (κ2) is 25.7. The Morgan fingerprint density at radius 2 is 1.70 bits per heavy atom. The monoisotopic (exact) mass is 992 g/mol. The molecule has 1 aromatic carbocycles. The number of amides is 3. The summed E-state index contributed by atoms with van der Waals surface area (Å²) < 4.78 is 55.0. The maximum atomic E-state index is 12.5. The number of sulfonamides is 1. The fraction of sp³-hybridized carbons (Fsp3) is 0.389. The van der Waals surface area contributed by atoms with Crippen LogP contribution in [0.3, 0.4) is 0 Å². The molecule has 350 valence electrons. The van der Waals surface area contributed by atoms with Crippen LogP contribution in [-0.2, 0) is 43.2 Å². The van der Waals surface area contributed by atoms with E-state index in [0.717, 1.165) is 25.1 Å². The number of carboxylic acid groups (broad SMARTS) is 1. The first kappa shape index (κ1) is 54.7. The molecule has 1 atom stereocenters. The number of methoxy groups -OCH3 is 2. The molecule has 0 spiro atoms. The predicted molar refractivity (Wildman–Crippen MR) is 237 cm³/mol. The molecule has 4 heterocycles. The highest BCUT2D eigenvalue weighted by Crippen LogP contribution is 2.33. The zero-order valence-corrected chi connectivity index (χ0v) is 39.6. The van der Waals surface area contributed by atoms with Gasteiger partial charge in [0.05, 0.1) is 73.2 Å². The molecule has 4 aromatic rings. The van der Waals surface area contributed by atoms with E-state index >= 15 is 0 Å². The van der Waals surface area contributed by atoms with Crippen LogP contribution in [0.5, 0.6) is 17.5 Å². The number of hydrogen-bond donors (Lipinski definition) is 5. The Morgan fingerprint density at radius 3 is 2.23 bits per heavy atom. The number of pyridine rings is 1. The molecule has 0 fully saturated rings. The van der Waals surface area contributed by atoms with Gasteiger partial charge < -0.3 is 38.6 Å². The van der Waals surface area contributed by atoms with E-state index in [-0.39, 0.29) is 35.6 Å². The number of urea groups is 1. The SMILES string of the molecule is C#CCOc1cc(-n2nc3n(c2=O)CCCC3)c(Cl)cc1Cl.COc1cc(OC)nc(NC(=O)NS(=O)(=O)c2ncccc2C(=O)N(C)C)n1.C[S+](C)C.O=C(O)CNCP(=O)([O-])O. The zero-order chi connectivity index (χ0) is 48.4. The van der Waals surface area contributed by atoms with Gasteiger partial charge in [-0.2, -0.15) is 23.1 Å². The molecule has 5 N–H and O–H groups in total. The molecule has 5 rings (SSSR count). The smallest absolute Gasteiger partial charge is 0.350 e. The van der Waals surface area contributed by atoms with Gasteiger partial charge >= 0.3 is 17.7 Å². The first-order valence-corrected chi connectivity index (χ1v) is 24.6. The molecular formula is C36H47Cl2N10O13PS2. The number of aliphatic carboxylic acids is 1. The number of anilines is 1. The van der Waals surface area contributed by atoms with Crippen LogP contribution in [-0.4, -0.2) is 137 Å². The van der Waals surface area contributed by atoms with E-state index < -0.39 is 53.4 Å². The van der Waals surface area contributed by atoms with Crippen molar-refractivity contribution < 1.29 is 56.5 Å². The maximum absolute atomic E-state index is 12.5. The molecule has 1 aliphatic heterocycles. The van der Waals surface area contributed by atoms with E-state index in [9.17, 15) is 37.1 Å². The minimum Gasteiger partial charge on any atom is -0.778 e. The number of nitrogens with zero attached hydrogens (tertiary/aromatic N) is 7. The molecule has 0 saturated heterocycles. The third kappa shape index (κ3) is 18.0. The summed E-state index contributed by atoms with van der Waals surface area (Å²) in [6, 6.07) is 6.01. The van der Waals surface area contributed by atoms with Crippen LogP contribution in [0, 0.1) is 12.3 Å². The van der Waals surface area contributed by atoms with E-state index in [2.05, 4.69) is 50.1 Å². The number of aryl methyl sites for hydroxylation is 1. The predicted octanol–water partition coefficient (Wildman–Crippen LogP) is 1.45. The molecular weight excluding hydrogens is 946 g/mol. The Kier molecular flexibility index (Phi) is 22.0. The second-order valence-electron chi connectivity index (χ2n) is 13.2. The lowest BCUT2D eigenvalue weighted by Crippen LogP contribution is -2.36. The van der Waals surface area contributed by atoms with Crippen LogP contribution in [0.15, 0.2) is 46.3 Å². The molecule has 0 aliphatic carbocycles. The van der Waals surface area contributed by atoms with Crippen LogP contribution in [0.4, 0.5) is 10.7 Å². The minimum absolute atomic E-state index is 0.0788. The number of fused-ring (bicyclic) bond motifs is 1. The van der Waals surface area contributed by atoms with E-state index in [4.69, 9.17) is 53.8 Å². The summed E-state index contributed by atoms with van der Waals surface area (Å²) in [7, 11) is -2.56. The van der Waals surface area contributed by atoms with Crippen molar-refractivity contribution in [2.24, 2.45) is 0 Å². The first-order chi connectivity index (χ1) is 29.9. The van der Waals surface area contributed by atoms with Crippen molar-refractivity contribution >= 4 is 75.6 Å². The lowest BCUT2D eigenvalue weighted by molar-refractivity contribution is -0.193. The van der Waals surface area contributed by atoms with Gasteiger partial charge in [0.15, 0.2) is 5.03 Å². The summed E-state index contributed by atoms with van der Waals surface area (Å²) >= 11 is 12.3. The van der Waals surface area contributed by atoms with Gasteiger partial charge in [0.2, 0.25) is 17.7 Å². The average molecular weight is 994 g/mol. The molecule has 64 heavy (non-hydrogen) atoms. The fourth-order valence-corrected chi connectivity index (χ4v) is 6.69. The standard InChI is InChI=1S/C15H13Cl2N3O2.C15H18N6O6S.C3H8NO5P.C3H9S/c1-2-7-22-13-9-12(10(16)8-11(13)17)20-15(21)19-6-4-3-5-14(19)18-20;1-21(2)13(22)9-6-5-7-16-12(9)28(24,25)20-15(23)19-14-17-10(26-3)8-11(18-14)27-4;5-3(6)1-4-2-10(7,8)9;1-4(2)3/h1,8-9H,3-7H2;5-8H,1-4H3,(H2,17,18,19,20,23);4H,1-2H2,(H,5,6)(H2,7,8,9);1-3H3/q;;;+1/p-1. The first-order valence-electron chi connectivity index (χ1n) is 18.1. The molecule has 1 aliphatic rings. The number of terminal acetylenes is 1. The quantitative estimate of drug-likeness (QED) is 0.0719. The Bertz CT molecular complexity index is 2490. The van der Waals surface area contributed by atoms with Crippen molar-refractivity contribution in [3.63, 3.8) is 0 Å². The third-order valence-electron chi connectivity index (χ3n) is 7.31. The van der Waals surface area contributed by atoms with Crippen molar-refractivity contribution in [3.8, 4) is 35.5 Å². The van der Waals surface area contributed by atoms with E-state index in [1.165, 1.54) is 68.4 Å². The van der Waals surface area contributed by atoms with Crippen molar-refractivity contribution in [1.82, 2.24) is 44.2 Å². The van der Waals surface area contributed by atoms with Gasteiger partial charge in [-0.3, -0.25) is 24.8 Å². The number of ether oxygens (including phenoxy) is 3. The molecule has 0 bridgehead atoms. The van der Waals surface area contributed by atoms with Crippen molar-refractivity contribution in [2.75, 3.05) is 71.8 Å². The Balaban J connectivity index is 0.000000345. The van der Waals surface area contributed by atoms with Gasteiger partial charge in [-0.25, -0.2) is 19.3 Å². The van der Waals surface area contributed by atoms with Gasteiger partial charge in [-0.05, 0) is 41.9 Å². The Morgan fingerprint density at radius 1 is 1.08 bits per heavy atom. The largest absolute Gasteiger partial charge is 0.778 e. The number of aromatic nitrogens is 6. The van der Waals surface area contributed by atoms with E-state index in [0.29, 0.717) is 38.9 Å². The maximum Gasteiger partial charge on any atom is 0.350 e. The van der Waals surface area contributed by atoms with E-state index in [1.54, 1.807) is 15.4 Å². The number of rotatable bonds is 13. The highest BCUT2D eigenvalue weighted by Gasteiger charge is 2.27. The molecule has 3 amide bonds. The van der Waals surface area contributed by atoms with Crippen LogP contribution in [0.25, 0.3) is 5.69 Å². The topological polar surface area (TPSA) is 311 Å². The van der Waals surface area contributed by atoms with Crippen molar-refractivity contribution in [2.45, 2.75) is 30.8 Å². The number of carboxylic acids is 1.